The van der Waals surface area contributed by atoms with Crippen molar-refractivity contribution in [1.29, 1.82) is 0 Å². The zero-order valence-corrected chi connectivity index (χ0v) is 16.9. The maximum absolute atomic E-state index is 6.30. The zero-order valence-electron chi connectivity index (χ0n) is 13.0. The minimum Gasteiger partial charge on any atom is -0.317 e. The topological polar surface area (TPSA) is 24.9 Å². The molecule has 0 radical (unpaired) electrons. The van der Waals surface area contributed by atoms with Crippen molar-refractivity contribution in [3.05, 3.63) is 56.1 Å². The van der Waals surface area contributed by atoms with Crippen LogP contribution in [0.4, 0.5) is 0 Å². The van der Waals surface area contributed by atoms with Gasteiger partial charge in [-0.25, -0.2) is 4.98 Å². The van der Waals surface area contributed by atoms with Gasteiger partial charge >= 0.3 is 0 Å². The van der Waals surface area contributed by atoms with Gasteiger partial charge in [-0.05, 0) is 71.7 Å². The summed E-state index contributed by atoms with van der Waals surface area (Å²) in [5.41, 5.74) is 4.80. The predicted molar refractivity (Wildman–Crippen MR) is 108 cm³/mol. The van der Waals surface area contributed by atoms with Crippen LogP contribution in [-0.2, 0) is 0 Å². The summed E-state index contributed by atoms with van der Waals surface area (Å²) >= 11 is 13.6. The lowest BCUT2D eigenvalue weighted by Gasteiger charge is -2.22. The Bertz CT molecular complexity index is 898. The molecule has 1 saturated heterocycles. The second-order valence-electron chi connectivity index (χ2n) is 6.21. The smallest absolute Gasteiger partial charge is 0.124 e. The van der Waals surface area contributed by atoms with Crippen LogP contribution in [0.25, 0.3) is 22.0 Å². The number of pyridine rings is 1. The molecule has 0 amide bonds. The van der Waals surface area contributed by atoms with E-state index in [-0.39, 0.29) is 0 Å². The first-order chi connectivity index (χ1) is 11.6. The Morgan fingerprint density at radius 2 is 2.00 bits per heavy atom. The SMILES string of the molecule is Clc1cc2ccc3cc(Br)cnc3c(C3CCNCC3)c-2[c+](Br)c1. The van der Waals surface area contributed by atoms with Gasteiger partial charge in [-0.3, -0.25) is 0 Å². The highest BCUT2D eigenvalue weighted by atomic mass is 79.9. The van der Waals surface area contributed by atoms with E-state index in [4.69, 9.17) is 16.6 Å². The van der Waals surface area contributed by atoms with E-state index >= 15 is 0 Å². The third kappa shape index (κ3) is 3.05. The molecule has 4 rings (SSSR count). The highest BCUT2D eigenvalue weighted by molar-refractivity contribution is 9.10. The van der Waals surface area contributed by atoms with E-state index in [2.05, 4.69) is 55.4 Å². The van der Waals surface area contributed by atoms with Gasteiger partial charge in [0.15, 0.2) is 0 Å². The molecule has 0 atom stereocenters. The molecule has 1 N–H and O–H groups in total. The van der Waals surface area contributed by atoms with Gasteiger partial charge in [0.2, 0.25) is 0 Å². The number of rotatable bonds is 1. The lowest BCUT2D eigenvalue weighted by molar-refractivity contribution is 0.462. The molecular formula is C19H16Br2ClN2+. The first-order valence-electron chi connectivity index (χ1n) is 8.04. The van der Waals surface area contributed by atoms with E-state index in [1.165, 1.54) is 11.1 Å². The predicted octanol–water partition coefficient (Wildman–Crippen LogP) is 6.27. The van der Waals surface area contributed by atoms with Gasteiger partial charge in [0.1, 0.15) is 20.6 Å². The number of benzene rings is 1. The number of hydrogen-bond donors (Lipinski definition) is 1. The Labute approximate surface area is 163 Å². The fourth-order valence-corrected chi connectivity index (χ4v) is 5.02. The third-order valence-electron chi connectivity index (χ3n) is 4.68. The maximum atomic E-state index is 6.30. The average Bonchev–Trinajstić information content (AvgIpc) is 2.72. The molecule has 1 aromatic heterocycles. The minimum atomic E-state index is 0.495. The monoisotopic (exact) mass is 465 g/mol. The number of nitrogens with zero attached hydrogens (tertiary/aromatic N) is 1. The summed E-state index contributed by atoms with van der Waals surface area (Å²) in [5.74, 6) is 0.495. The van der Waals surface area contributed by atoms with Crippen molar-refractivity contribution in [1.82, 2.24) is 10.3 Å². The number of nitrogens with one attached hydrogen (secondary N) is 1. The first kappa shape index (κ1) is 16.6. The van der Waals surface area contributed by atoms with Crippen molar-refractivity contribution < 1.29 is 0 Å². The molecule has 1 fully saturated rings. The molecule has 0 saturated carbocycles. The second-order valence-corrected chi connectivity index (χ2v) is 8.42. The quantitative estimate of drug-likeness (QED) is 0.427. The second kappa shape index (κ2) is 6.83. The van der Waals surface area contributed by atoms with E-state index in [0.29, 0.717) is 5.92 Å². The minimum absolute atomic E-state index is 0.495. The van der Waals surface area contributed by atoms with Gasteiger partial charge in [0.05, 0.1) is 17.2 Å². The third-order valence-corrected chi connectivity index (χ3v) is 5.96. The molecule has 3 aliphatic rings. The number of piperidine rings is 1. The van der Waals surface area contributed by atoms with Crippen molar-refractivity contribution in [3.63, 3.8) is 0 Å². The van der Waals surface area contributed by atoms with E-state index in [1.54, 1.807) is 0 Å². The van der Waals surface area contributed by atoms with Crippen molar-refractivity contribution in [2.75, 3.05) is 13.1 Å². The standard InChI is InChI=1S/C19H16Br2ClN2/c20-14-7-13-2-1-12-8-15(22)9-16(21)17(12)18(19(13)24-10-14)11-3-5-23-6-4-11/h1-2,7-11,23H,3-6H2/q+1. The van der Waals surface area contributed by atoms with Gasteiger partial charge in [-0.2, -0.15) is 0 Å². The van der Waals surface area contributed by atoms with Crippen molar-refractivity contribution in [2.45, 2.75) is 18.8 Å². The van der Waals surface area contributed by atoms with Crippen LogP contribution in [0, 0.1) is 0 Å². The molecular weight excluding hydrogens is 451 g/mol. The molecule has 0 aromatic carbocycles. The van der Waals surface area contributed by atoms with Crippen molar-refractivity contribution in [3.8, 4) is 11.1 Å². The Morgan fingerprint density at radius 3 is 2.79 bits per heavy atom. The molecule has 122 valence electrons. The number of aromatic nitrogens is 1. The van der Waals surface area contributed by atoms with E-state index < -0.39 is 0 Å². The molecule has 1 aromatic rings. The Balaban J connectivity index is 2.12. The van der Waals surface area contributed by atoms with Crippen LogP contribution in [0.1, 0.15) is 24.3 Å². The molecule has 0 bridgehead atoms. The molecule has 1 aliphatic heterocycles. The van der Waals surface area contributed by atoms with Crippen LogP contribution in [0.5, 0.6) is 0 Å². The Morgan fingerprint density at radius 1 is 1.21 bits per heavy atom. The molecule has 5 heteroatoms. The van der Waals surface area contributed by atoms with Gasteiger partial charge in [-0.1, -0.05) is 0 Å². The van der Waals surface area contributed by atoms with Crippen molar-refractivity contribution >= 4 is 54.4 Å². The molecule has 0 spiro atoms. The number of fused-ring (bicyclic) bond motifs is 2. The fraction of sp³-hybridized carbons (Fsp3) is 0.263. The molecule has 2 nitrogen and oxygen atoms in total. The summed E-state index contributed by atoms with van der Waals surface area (Å²) in [6.07, 6.45) is 4.14. The average molecular weight is 468 g/mol. The largest absolute Gasteiger partial charge is 0.317 e. The van der Waals surface area contributed by atoms with Gasteiger partial charge in [0.25, 0.3) is 0 Å². The van der Waals surface area contributed by atoms with E-state index in [0.717, 1.165) is 56.4 Å². The number of halogens is 3. The summed E-state index contributed by atoms with van der Waals surface area (Å²) in [5, 5.41) is 5.36. The lowest BCUT2D eigenvalue weighted by Crippen LogP contribution is -2.27. The number of hydrogen-bond acceptors (Lipinski definition) is 2. The summed E-state index contributed by atoms with van der Waals surface area (Å²) in [4.78, 5) is 4.79. The normalized spacial score (nSPS) is 16.0. The van der Waals surface area contributed by atoms with Crippen LogP contribution >= 0.6 is 43.5 Å². The Kier molecular flexibility index (Phi) is 4.74. The first-order valence-corrected chi connectivity index (χ1v) is 10.0. The van der Waals surface area contributed by atoms with Crippen LogP contribution in [0.15, 0.2) is 45.5 Å². The van der Waals surface area contributed by atoms with Crippen LogP contribution in [0.2, 0.25) is 5.02 Å². The zero-order chi connectivity index (χ0) is 16.7. The lowest BCUT2D eigenvalue weighted by atomic mass is 9.85. The fourth-order valence-electron chi connectivity index (χ4n) is 3.62. The maximum Gasteiger partial charge on any atom is 0.124 e. The molecule has 2 heterocycles. The van der Waals surface area contributed by atoms with Crippen LogP contribution < -0.4 is 5.32 Å². The molecule has 0 unspecified atom stereocenters. The highest BCUT2D eigenvalue weighted by Gasteiger charge is 2.29. The van der Waals surface area contributed by atoms with Crippen LogP contribution in [0.3, 0.4) is 0 Å². The summed E-state index contributed by atoms with van der Waals surface area (Å²) < 4.78 is 2.04. The van der Waals surface area contributed by atoms with E-state index in [1.807, 2.05) is 18.3 Å². The Hall–Kier alpha value is -0.810. The van der Waals surface area contributed by atoms with Crippen molar-refractivity contribution in [2.24, 2.45) is 0 Å². The van der Waals surface area contributed by atoms with Crippen LogP contribution in [-0.4, -0.2) is 18.1 Å². The van der Waals surface area contributed by atoms with Gasteiger partial charge in [-0.15, -0.1) is 0 Å². The van der Waals surface area contributed by atoms with Gasteiger partial charge in [0, 0.05) is 44.0 Å². The van der Waals surface area contributed by atoms with E-state index in [9.17, 15) is 0 Å². The molecule has 24 heavy (non-hydrogen) atoms. The summed E-state index contributed by atoms with van der Waals surface area (Å²) in [6.45, 7) is 2.10. The summed E-state index contributed by atoms with van der Waals surface area (Å²) in [7, 11) is 0. The highest BCUT2D eigenvalue weighted by Crippen LogP contribution is 2.43. The van der Waals surface area contributed by atoms with Gasteiger partial charge < -0.3 is 5.32 Å². The molecule has 2 aliphatic carbocycles. The summed E-state index contributed by atoms with van der Waals surface area (Å²) in [6, 6.07) is 10.5.